The predicted molar refractivity (Wildman–Crippen MR) is 108 cm³/mol. The molecule has 0 unspecified atom stereocenters. The van der Waals surface area contributed by atoms with Gasteiger partial charge in [-0.3, -0.25) is 10.1 Å². The molecular formula is C20H22N4O2S. The molecule has 3 heterocycles. The molecule has 1 fully saturated rings. The number of hydrogen-bond donors (Lipinski definition) is 1. The lowest BCUT2D eigenvalue weighted by Crippen LogP contribution is -2.31. The van der Waals surface area contributed by atoms with E-state index < -0.39 is 0 Å². The van der Waals surface area contributed by atoms with Crippen LogP contribution >= 0.6 is 11.3 Å². The van der Waals surface area contributed by atoms with Crippen LogP contribution in [0.1, 0.15) is 40.3 Å². The molecule has 0 spiro atoms. The maximum absolute atomic E-state index is 12.9. The van der Waals surface area contributed by atoms with Crippen LogP contribution in [0, 0.1) is 13.8 Å². The number of carbonyl (C=O) groups excluding carboxylic acids is 1. The number of piperidine rings is 1. The van der Waals surface area contributed by atoms with Crippen molar-refractivity contribution in [1.82, 2.24) is 9.97 Å². The SMILES string of the molecule is Cc1nc(NC(=O)c2nc(-c3ccccc3)oc2N2CCCCC2)sc1C. The summed E-state index contributed by atoms with van der Waals surface area (Å²) < 4.78 is 6.07. The fourth-order valence-corrected chi connectivity index (χ4v) is 3.97. The summed E-state index contributed by atoms with van der Waals surface area (Å²) in [7, 11) is 0. The highest BCUT2D eigenvalue weighted by molar-refractivity contribution is 7.15. The van der Waals surface area contributed by atoms with E-state index in [1.165, 1.54) is 17.8 Å². The van der Waals surface area contributed by atoms with Gasteiger partial charge in [0.1, 0.15) is 0 Å². The van der Waals surface area contributed by atoms with Crippen molar-refractivity contribution in [2.45, 2.75) is 33.1 Å². The second-order valence-electron chi connectivity index (χ2n) is 6.70. The molecule has 6 nitrogen and oxygen atoms in total. The number of benzene rings is 1. The zero-order chi connectivity index (χ0) is 18.8. The van der Waals surface area contributed by atoms with Gasteiger partial charge in [-0.15, -0.1) is 11.3 Å². The van der Waals surface area contributed by atoms with E-state index in [2.05, 4.69) is 20.2 Å². The van der Waals surface area contributed by atoms with E-state index in [9.17, 15) is 4.79 Å². The van der Waals surface area contributed by atoms with Crippen molar-refractivity contribution < 1.29 is 9.21 Å². The minimum atomic E-state index is -0.282. The summed E-state index contributed by atoms with van der Waals surface area (Å²) in [5.41, 5.74) is 2.11. The van der Waals surface area contributed by atoms with Crippen LogP contribution in [-0.4, -0.2) is 29.0 Å². The number of nitrogens with zero attached hydrogens (tertiary/aromatic N) is 3. The Labute approximate surface area is 162 Å². The number of aromatic nitrogens is 2. The maximum atomic E-state index is 12.9. The molecule has 1 aromatic carbocycles. The van der Waals surface area contributed by atoms with Crippen molar-refractivity contribution >= 4 is 28.3 Å². The number of rotatable bonds is 4. The van der Waals surface area contributed by atoms with Gasteiger partial charge >= 0.3 is 0 Å². The summed E-state index contributed by atoms with van der Waals surface area (Å²) in [5.74, 6) is 0.735. The molecule has 1 N–H and O–H groups in total. The highest BCUT2D eigenvalue weighted by Crippen LogP contribution is 2.31. The van der Waals surface area contributed by atoms with E-state index in [0.717, 1.165) is 42.1 Å². The van der Waals surface area contributed by atoms with Crippen LogP contribution in [0.5, 0.6) is 0 Å². The van der Waals surface area contributed by atoms with Gasteiger partial charge in [0.2, 0.25) is 11.8 Å². The molecule has 27 heavy (non-hydrogen) atoms. The maximum Gasteiger partial charge on any atom is 0.281 e. The van der Waals surface area contributed by atoms with Gasteiger partial charge < -0.3 is 9.32 Å². The molecule has 0 atom stereocenters. The second-order valence-corrected chi connectivity index (χ2v) is 7.90. The Morgan fingerprint density at radius 2 is 1.85 bits per heavy atom. The summed E-state index contributed by atoms with van der Waals surface area (Å²) in [6.45, 7) is 5.67. The molecule has 140 valence electrons. The van der Waals surface area contributed by atoms with Crippen LogP contribution < -0.4 is 10.2 Å². The Morgan fingerprint density at radius 3 is 2.52 bits per heavy atom. The first-order valence-corrected chi connectivity index (χ1v) is 10.00. The molecule has 1 aliphatic heterocycles. The Bertz CT molecular complexity index is 923. The van der Waals surface area contributed by atoms with E-state index in [4.69, 9.17) is 4.42 Å². The van der Waals surface area contributed by atoms with Gasteiger partial charge in [0.05, 0.1) is 5.69 Å². The quantitative estimate of drug-likeness (QED) is 0.711. The number of carbonyl (C=O) groups is 1. The van der Waals surface area contributed by atoms with Crippen molar-refractivity contribution in [3.63, 3.8) is 0 Å². The first-order chi connectivity index (χ1) is 13.1. The number of amides is 1. The van der Waals surface area contributed by atoms with Gasteiger partial charge in [-0.05, 0) is 45.2 Å². The molecular weight excluding hydrogens is 360 g/mol. The number of hydrogen-bond acceptors (Lipinski definition) is 6. The standard InChI is InChI=1S/C20H22N4O2S/c1-13-14(2)27-20(21-13)23-17(25)16-19(24-11-7-4-8-12-24)26-18(22-16)15-9-5-3-6-10-15/h3,5-6,9-10H,4,7-8,11-12H2,1-2H3,(H,21,23,25). The van der Waals surface area contributed by atoms with Crippen molar-refractivity contribution in [3.05, 3.63) is 46.6 Å². The lowest BCUT2D eigenvalue weighted by Gasteiger charge is -2.26. The minimum Gasteiger partial charge on any atom is -0.420 e. The van der Waals surface area contributed by atoms with Gasteiger partial charge in [-0.1, -0.05) is 18.2 Å². The Hall–Kier alpha value is -2.67. The van der Waals surface area contributed by atoms with Crippen LogP contribution in [0.3, 0.4) is 0 Å². The topological polar surface area (TPSA) is 71.3 Å². The third-order valence-corrected chi connectivity index (χ3v) is 5.73. The number of nitrogens with one attached hydrogen (secondary N) is 1. The van der Waals surface area contributed by atoms with Crippen molar-refractivity contribution in [2.24, 2.45) is 0 Å². The fraction of sp³-hybridized carbons (Fsp3) is 0.350. The van der Waals surface area contributed by atoms with Gasteiger partial charge in [-0.2, -0.15) is 0 Å². The molecule has 3 aromatic rings. The number of oxazole rings is 1. The smallest absolute Gasteiger partial charge is 0.281 e. The first-order valence-electron chi connectivity index (χ1n) is 9.18. The van der Waals surface area contributed by atoms with Gasteiger partial charge in [-0.25, -0.2) is 9.97 Å². The molecule has 4 rings (SSSR count). The predicted octanol–water partition coefficient (Wildman–Crippen LogP) is 4.66. The van der Waals surface area contributed by atoms with Crippen molar-refractivity contribution in [3.8, 4) is 11.5 Å². The van der Waals surface area contributed by atoms with E-state index in [1.807, 2.05) is 44.2 Å². The second kappa shape index (κ2) is 7.52. The largest absolute Gasteiger partial charge is 0.420 e. The molecule has 2 aromatic heterocycles. The molecule has 1 aliphatic rings. The van der Waals surface area contributed by atoms with Crippen LogP contribution in [0.15, 0.2) is 34.7 Å². The Balaban J connectivity index is 1.68. The molecule has 0 radical (unpaired) electrons. The van der Waals surface area contributed by atoms with Gasteiger partial charge in [0.25, 0.3) is 5.91 Å². The summed E-state index contributed by atoms with van der Waals surface area (Å²) in [5, 5.41) is 3.47. The molecule has 0 saturated carbocycles. The average Bonchev–Trinajstić information content (AvgIpc) is 3.27. The molecule has 7 heteroatoms. The van der Waals surface area contributed by atoms with Crippen LogP contribution in [0.2, 0.25) is 0 Å². The Kier molecular flexibility index (Phi) is 4.94. The van der Waals surface area contributed by atoms with E-state index in [0.29, 0.717) is 22.6 Å². The minimum absolute atomic E-state index is 0.282. The Morgan fingerprint density at radius 1 is 1.11 bits per heavy atom. The molecule has 1 amide bonds. The number of thiazole rings is 1. The molecule has 1 saturated heterocycles. The fourth-order valence-electron chi connectivity index (χ4n) is 3.16. The summed E-state index contributed by atoms with van der Waals surface area (Å²) in [4.78, 5) is 25.1. The molecule has 0 bridgehead atoms. The van der Waals surface area contributed by atoms with E-state index >= 15 is 0 Å². The van der Waals surface area contributed by atoms with Crippen LogP contribution in [0.4, 0.5) is 11.0 Å². The average molecular weight is 382 g/mol. The van der Waals surface area contributed by atoms with Crippen molar-refractivity contribution in [1.29, 1.82) is 0 Å². The van der Waals surface area contributed by atoms with E-state index in [1.54, 1.807) is 0 Å². The monoisotopic (exact) mass is 382 g/mol. The summed E-state index contributed by atoms with van der Waals surface area (Å²) in [6, 6.07) is 9.67. The summed E-state index contributed by atoms with van der Waals surface area (Å²) in [6.07, 6.45) is 3.38. The zero-order valence-corrected chi connectivity index (χ0v) is 16.3. The van der Waals surface area contributed by atoms with Gasteiger partial charge in [0, 0.05) is 23.5 Å². The lowest BCUT2D eigenvalue weighted by atomic mass is 10.1. The first kappa shape index (κ1) is 17.7. The third-order valence-electron chi connectivity index (χ3n) is 4.74. The van der Waals surface area contributed by atoms with Crippen LogP contribution in [-0.2, 0) is 0 Å². The van der Waals surface area contributed by atoms with Gasteiger partial charge in [0.15, 0.2) is 10.8 Å². The highest BCUT2D eigenvalue weighted by Gasteiger charge is 2.27. The summed E-state index contributed by atoms with van der Waals surface area (Å²) >= 11 is 1.47. The van der Waals surface area contributed by atoms with Crippen LogP contribution in [0.25, 0.3) is 11.5 Å². The highest BCUT2D eigenvalue weighted by atomic mass is 32.1. The zero-order valence-electron chi connectivity index (χ0n) is 15.5. The third kappa shape index (κ3) is 3.73. The molecule has 0 aliphatic carbocycles. The van der Waals surface area contributed by atoms with E-state index in [-0.39, 0.29) is 5.91 Å². The lowest BCUT2D eigenvalue weighted by molar-refractivity contribution is 0.102. The van der Waals surface area contributed by atoms with Crippen molar-refractivity contribution in [2.75, 3.05) is 23.3 Å². The normalized spacial score (nSPS) is 14.4. The number of aryl methyl sites for hydroxylation is 2. The number of anilines is 2.